The normalized spacial score (nSPS) is 13.7. The summed E-state index contributed by atoms with van der Waals surface area (Å²) in [6.07, 6.45) is -1.14. The van der Waals surface area contributed by atoms with Gasteiger partial charge in [0.25, 0.3) is 0 Å². The number of hydrogen-bond acceptors (Lipinski definition) is 6. The molecule has 0 bridgehead atoms. The number of esters is 1. The fourth-order valence-corrected chi connectivity index (χ4v) is 3.33. The first-order chi connectivity index (χ1) is 9.21. The summed E-state index contributed by atoms with van der Waals surface area (Å²) in [5.41, 5.74) is 0. The van der Waals surface area contributed by atoms with E-state index in [0.717, 1.165) is 4.90 Å². The van der Waals surface area contributed by atoms with E-state index in [2.05, 4.69) is 0 Å². The summed E-state index contributed by atoms with van der Waals surface area (Å²) in [5, 5.41) is 0. The first kappa shape index (κ1) is 18.9. The second-order valence-electron chi connectivity index (χ2n) is 4.51. The molecule has 0 aliphatic carbocycles. The van der Waals surface area contributed by atoms with E-state index in [-0.39, 0.29) is 32.1 Å². The van der Waals surface area contributed by atoms with Gasteiger partial charge in [-0.15, -0.1) is 0 Å². The number of carbonyl (C=O) groups excluding carboxylic acids is 2. The van der Waals surface area contributed by atoms with Crippen molar-refractivity contribution in [3.05, 3.63) is 0 Å². The molecule has 0 aliphatic rings. The van der Waals surface area contributed by atoms with Crippen LogP contribution in [-0.2, 0) is 23.4 Å². The molecule has 0 aliphatic heterocycles. The lowest BCUT2D eigenvalue weighted by molar-refractivity contribution is -0.143. The molecule has 0 saturated carbocycles. The Balaban J connectivity index is 4.80. The summed E-state index contributed by atoms with van der Waals surface area (Å²) < 4.78 is 27.2. The maximum absolute atomic E-state index is 12.3. The van der Waals surface area contributed by atoms with Gasteiger partial charge in [-0.1, -0.05) is 0 Å². The number of ether oxygens (including phenoxy) is 2. The van der Waals surface area contributed by atoms with Crippen LogP contribution in [0.4, 0.5) is 4.79 Å². The highest BCUT2D eigenvalue weighted by Crippen LogP contribution is 2.44. The Hall–Kier alpha value is -1.07. The maximum atomic E-state index is 12.3. The number of nitrogens with zero attached hydrogens (tertiary/aromatic N) is 1. The molecule has 0 spiro atoms. The molecule has 7 nitrogen and oxygen atoms in total. The largest absolute Gasteiger partial charge is 0.465 e. The Morgan fingerprint density at radius 1 is 1.15 bits per heavy atom. The third-order valence-electron chi connectivity index (χ3n) is 2.01. The average Bonchev–Trinajstić information content (AvgIpc) is 2.26. The zero-order valence-electron chi connectivity index (χ0n) is 12.7. The molecule has 20 heavy (non-hydrogen) atoms. The number of carbonyl (C=O) groups is 2. The Labute approximate surface area is 120 Å². The van der Waals surface area contributed by atoms with E-state index in [1.165, 1.54) is 6.66 Å². The van der Waals surface area contributed by atoms with Crippen LogP contribution in [0.3, 0.4) is 0 Å². The van der Waals surface area contributed by atoms with Crippen LogP contribution in [0.5, 0.6) is 0 Å². The predicted molar refractivity (Wildman–Crippen MR) is 75.0 cm³/mol. The lowest BCUT2D eigenvalue weighted by Gasteiger charge is -2.25. The smallest absolute Gasteiger partial charge is 0.410 e. The molecule has 0 saturated heterocycles. The van der Waals surface area contributed by atoms with E-state index < -0.39 is 19.4 Å². The molecule has 0 heterocycles. The van der Waals surface area contributed by atoms with E-state index >= 15 is 0 Å². The van der Waals surface area contributed by atoms with Crippen molar-refractivity contribution in [1.29, 1.82) is 0 Å². The third-order valence-corrected chi connectivity index (χ3v) is 3.74. The Morgan fingerprint density at radius 3 is 2.15 bits per heavy atom. The maximum Gasteiger partial charge on any atom is 0.410 e. The van der Waals surface area contributed by atoms with Gasteiger partial charge < -0.3 is 14.0 Å². The minimum absolute atomic E-state index is 0.164. The van der Waals surface area contributed by atoms with Crippen LogP contribution in [0, 0.1) is 0 Å². The molecule has 1 atom stereocenters. The van der Waals surface area contributed by atoms with Crippen LogP contribution in [-0.4, -0.2) is 55.8 Å². The number of hydrogen-bond donors (Lipinski definition) is 0. The molecule has 118 valence electrons. The topological polar surface area (TPSA) is 82.1 Å². The van der Waals surface area contributed by atoms with Gasteiger partial charge in [-0.3, -0.25) is 14.3 Å². The van der Waals surface area contributed by atoms with E-state index in [1.54, 1.807) is 27.7 Å². The first-order valence-corrected chi connectivity index (χ1v) is 8.79. The third kappa shape index (κ3) is 8.17. The fourth-order valence-electron chi connectivity index (χ4n) is 1.54. The van der Waals surface area contributed by atoms with E-state index in [0.29, 0.717) is 0 Å². The average molecular weight is 309 g/mol. The number of amides is 1. The lowest BCUT2D eigenvalue weighted by atomic mass is 10.5. The Bertz CT molecular complexity index is 371. The zero-order valence-corrected chi connectivity index (χ0v) is 13.6. The van der Waals surface area contributed by atoms with Crippen molar-refractivity contribution >= 4 is 19.4 Å². The molecule has 0 aromatic rings. The quantitative estimate of drug-likeness (QED) is 0.505. The van der Waals surface area contributed by atoms with Crippen molar-refractivity contribution < 1.29 is 28.2 Å². The van der Waals surface area contributed by atoms with E-state index in [4.69, 9.17) is 14.0 Å². The van der Waals surface area contributed by atoms with Gasteiger partial charge in [-0.25, -0.2) is 4.79 Å². The van der Waals surface area contributed by atoms with Gasteiger partial charge in [0.2, 0.25) is 7.37 Å². The van der Waals surface area contributed by atoms with E-state index in [1.807, 2.05) is 0 Å². The van der Waals surface area contributed by atoms with Crippen LogP contribution in [0.15, 0.2) is 0 Å². The molecule has 0 unspecified atom stereocenters. The van der Waals surface area contributed by atoms with Crippen molar-refractivity contribution in [2.75, 3.05) is 32.7 Å². The van der Waals surface area contributed by atoms with Gasteiger partial charge in [-0.05, 0) is 27.7 Å². The molecular weight excluding hydrogens is 285 g/mol. The molecule has 0 radical (unpaired) electrons. The summed E-state index contributed by atoms with van der Waals surface area (Å²) >= 11 is 0. The summed E-state index contributed by atoms with van der Waals surface area (Å²) in [5.74, 6) is -0.579. The SMILES string of the molecule is CCOC(=O)CN(C[P@](C)(=O)OC(C)C)C(=O)OCC. The summed E-state index contributed by atoms with van der Waals surface area (Å²) in [6, 6.07) is 0. The van der Waals surface area contributed by atoms with Crippen LogP contribution in [0.25, 0.3) is 0 Å². The van der Waals surface area contributed by atoms with Gasteiger partial charge in [-0.2, -0.15) is 0 Å². The lowest BCUT2D eigenvalue weighted by Crippen LogP contribution is -2.38. The van der Waals surface area contributed by atoms with Crippen LogP contribution < -0.4 is 0 Å². The van der Waals surface area contributed by atoms with Crippen LogP contribution in [0.1, 0.15) is 27.7 Å². The summed E-state index contributed by atoms with van der Waals surface area (Å²) in [7, 11) is -3.04. The van der Waals surface area contributed by atoms with Gasteiger partial charge in [0.1, 0.15) is 12.8 Å². The predicted octanol–water partition coefficient (Wildman–Crippen LogP) is 2.30. The molecule has 0 aromatic carbocycles. The minimum Gasteiger partial charge on any atom is -0.465 e. The van der Waals surface area contributed by atoms with Crippen LogP contribution >= 0.6 is 7.37 Å². The molecule has 0 N–H and O–H groups in total. The van der Waals surface area contributed by atoms with Crippen molar-refractivity contribution in [3.8, 4) is 0 Å². The Kier molecular flexibility index (Phi) is 8.49. The van der Waals surface area contributed by atoms with Gasteiger partial charge >= 0.3 is 12.1 Å². The van der Waals surface area contributed by atoms with E-state index in [9.17, 15) is 14.2 Å². The fraction of sp³-hybridized carbons (Fsp3) is 0.833. The molecule has 0 aromatic heterocycles. The molecule has 0 rings (SSSR count). The monoisotopic (exact) mass is 309 g/mol. The second kappa shape index (κ2) is 8.97. The summed E-state index contributed by atoms with van der Waals surface area (Å²) in [4.78, 5) is 24.3. The summed E-state index contributed by atoms with van der Waals surface area (Å²) in [6.45, 7) is 8.29. The molecule has 1 amide bonds. The van der Waals surface area contributed by atoms with Crippen molar-refractivity contribution in [2.24, 2.45) is 0 Å². The van der Waals surface area contributed by atoms with Crippen molar-refractivity contribution in [1.82, 2.24) is 4.90 Å². The first-order valence-electron chi connectivity index (χ1n) is 6.54. The highest BCUT2D eigenvalue weighted by molar-refractivity contribution is 7.58. The molecule has 8 heteroatoms. The standard InChI is InChI=1S/C12H24NO6P/c1-6-17-11(14)8-13(12(15)18-7-2)9-20(5,16)19-10(3)4/h10H,6-9H2,1-5H3/t20-/m1/s1. The van der Waals surface area contributed by atoms with Crippen LogP contribution in [0.2, 0.25) is 0 Å². The molecule has 0 fully saturated rings. The highest BCUT2D eigenvalue weighted by Gasteiger charge is 2.28. The van der Waals surface area contributed by atoms with Gasteiger partial charge in [0.15, 0.2) is 0 Å². The van der Waals surface area contributed by atoms with Crippen molar-refractivity contribution in [2.45, 2.75) is 33.8 Å². The highest BCUT2D eigenvalue weighted by atomic mass is 31.2. The number of rotatable bonds is 8. The minimum atomic E-state index is -3.04. The van der Waals surface area contributed by atoms with Gasteiger partial charge in [0, 0.05) is 6.66 Å². The van der Waals surface area contributed by atoms with Crippen molar-refractivity contribution in [3.63, 3.8) is 0 Å². The Morgan fingerprint density at radius 2 is 1.70 bits per heavy atom. The second-order valence-corrected chi connectivity index (χ2v) is 7.03. The zero-order chi connectivity index (χ0) is 15.8. The van der Waals surface area contributed by atoms with Gasteiger partial charge in [0.05, 0.1) is 19.3 Å². The molecular formula is C12H24NO6P.